The second-order valence-corrected chi connectivity index (χ2v) is 8.06. The van der Waals surface area contributed by atoms with Crippen molar-refractivity contribution < 1.29 is 22.4 Å². The second-order valence-electron chi connectivity index (χ2n) is 7.70. The molecule has 0 atom stereocenters. The molecule has 172 valence electrons. The van der Waals surface area contributed by atoms with Crippen molar-refractivity contribution in [3.8, 4) is 11.1 Å². The predicted molar refractivity (Wildman–Crippen MR) is 120 cm³/mol. The van der Waals surface area contributed by atoms with Gasteiger partial charge in [-0.3, -0.25) is 9.20 Å². The van der Waals surface area contributed by atoms with Crippen molar-refractivity contribution in [2.75, 3.05) is 13.1 Å². The van der Waals surface area contributed by atoms with E-state index in [1.807, 2.05) is 38.2 Å². The molecule has 9 heteroatoms. The first-order chi connectivity index (χ1) is 15.7. The summed E-state index contributed by atoms with van der Waals surface area (Å²) in [7, 11) is 0. The zero-order valence-electron chi connectivity index (χ0n) is 18.0. The fourth-order valence-electron chi connectivity index (χ4n) is 3.76. The molecule has 0 spiro atoms. The Morgan fingerprint density at radius 1 is 1.30 bits per heavy atom. The number of aromatic nitrogens is 2. The van der Waals surface area contributed by atoms with Crippen LogP contribution < -0.4 is 0 Å². The molecular weight excluding hydrogens is 455 g/mol. The number of amides is 1. The quantitative estimate of drug-likeness (QED) is 0.401. The monoisotopic (exact) mass is 475 g/mol. The van der Waals surface area contributed by atoms with E-state index < -0.39 is 23.3 Å². The lowest BCUT2D eigenvalue weighted by Crippen LogP contribution is -2.35. The third-order valence-corrected chi connectivity index (χ3v) is 5.93. The van der Waals surface area contributed by atoms with Crippen LogP contribution in [0.4, 0.5) is 13.2 Å². The van der Waals surface area contributed by atoms with Crippen molar-refractivity contribution in [2.24, 2.45) is 0 Å². The van der Waals surface area contributed by atoms with Gasteiger partial charge in [0.2, 0.25) is 0 Å². The van der Waals surface area contributed by atoms with Crippen molar-refractivity contribution in [3.05, 3.63) is 82.7 Å². The highest BCUT2D eigenvalue weighted by molar-refractivity contribution is 6.33. The summed E-state index contributed by atoms with van der Waals surface area (Å²) in [6, 6.07) is 2.52. The molecule has 1 aliphatic rings. The molecule has 0 fully saturated rings. The summed E-state index contributed by atoms with van der Waals surface area (Å²) in [6.07, 6.45) is 7.89. The number of halogens is 4. The summed E-state index contributed by atoms with van der Waals surface area (Å²) >= 11 is 6.39. The number of allylic oxidation sites excluding steroid dienone is 4. The third-order valence-electron chi connectivity index (χ3n) is 5.57. The maximum absolute atomic E-state index is 13.8. The molecule has 4 heterocycles. The summed E-state index contributed by atoms with van der Waals surface area (Å²) in [4.78, 5) is 18.7. The number of nitrogens with zero attached hydrogens (tertiary/aromatic N) is 3. The van der Waals surface area contributed by atoms with Crippen molar-refractivity contribution in [2.45, 2.75) is 26.4 Å². The van der Waals surface area contributed by atoms with Crippen molar-refractivity contribution >= 4 is 23.2 Å². The molecule has 0 saturated heterocycles. The fraction of sp³-hybridized carbons (Fsp3) is 0.250. The molecule has 0 unspecified atom stereocenters. The summed E-state index contributed by atoms with van der Waals surface area (Å²) in [5, 5.41) is -0.162. The number of hydrogen-bond acceptors (Lipinski definition) is 3. The summed E-state index contributed by atoms with van der Waals surface area (Å²) in [5.74, 6) is -0.507. The minimum atomic E-state index is -4.68. The van der Waals surface area contributed by atoms with Crippen LogP contribution in [0.25, 0.3) is 16.8 Å². The Bertz CT molecular complexity index is 1280. The number of hydrogen-bond donors (Lipinski definition) is 0. The number of alkyl halides is 3. The van der Waals surface area contributed by atoms with Gasteiger partial charge in [-0.1, -0.05) is 35.9 Å². The van der Waals surface area contributed by atoms with Gasteiger partial charge in [0.05, 0.1) is 18.1 Å². The van der Waals surface area contributed by atoms with Crippen LogP contribution >= 0.6 is 11.6 Å². The van der Waals surface area contributed by atoms with E-state index in [1.54, 1.807) is 6.07 Å². The number of pyridine rings is 1. The Labute approximate surface area is 193 Å². The van der Waals surface area contributed by atoms with Gasteiger partial charge in [0.15, 0.2) is 11.3 Å². The number of fused-ring (bicyclic) bond motifs is 1. The van der Waals surface area contributed by atoms with Gasteiger partial charge < -0.3 is 9.32 Å². The largest absolute Gasteiger partial charge is 0.472 e. The Morgan fingerprint density at radius 2 is 2.09 bits per heavy atom. The summed E-state index contributed by atoms with van der Waals surface area (Å²) in [6.45, 7) is 4.67. The van der Waals surface area contributed by atoms with Gasteiger partial charge in [-0.25, -0.2) is 4.98 Å². The molecule has 0 aliphatic carbocycles. The van der Waals surface area contributed by atoms with Crippen molar-refractivity contribution in [3.63, 3.8) is 0 Å². The van der Waals surface area contributed by atoms with Gasteiger partial charge in [0.1, 0.15) is 5.15 Å². The average Bonchev–Trinajstić information content (AvgIpc) is 3.44. The molecule has 33 heavy (non-hydrogen) atoms. The van der Waals surface area contributed by atoms with E-state index in [0.29, 0.717) is 25.1 Å². The van der Waals surface area contributed by atoms with Gasteiger partial charge in [-0.05, 0) is 43.5 Å². The molecule has 1 amide bonds. The number of carbonyl (C=O) groups excluding carboxylic acids is 1. The minimum absolute atomic E-state index is 0.162. The van der Waals surface area contributed by atoms with Gasteiger partial charge in [-0.2, -0.15) is 13.2 Å². The van der Waals surface area contributed by atoms with E-state index in [4.69, 9.17) is 16.0 Å². The van der Waals surface area contributed by atoms with Crippen LogP contribution in [0.1, 0.15) is 36.3 Å². The lowest BCUT2D eigenvalue weighted by molar-refractivity contribution is -0.136. The maximum atomic E-state index is 13.8. The Balaban J connectivity index is 1.71. The lowest BCUT2D eigenvalue weighted by Gasteiger charge is -2.26. The molecule has 1 aliphatic heterocycles. The first kappa shape index (κ1) is 22.9. The Hall–Kier alpha value is -3.26. The molecule has 0 saturated carbocycles. The van der Waals surface area contributed by atoms with Crippen LogP contribution in [0.5, 0.6) is 0 Å². The highest BCUT2D eigenvalue weighted by Gasteiger charge is 2.36. The average molecular weight is 476 g/mol. The van der Waals surface area contributed by atoms with Gasteiger partial charge in [0.25, 0.3) is 5.91 Å². The Kier molecular flexibility index (Phi) is 6.21. The van der Waals surface area contributed by atoms with E-state index in [9.17, 15) is 18.0 Å². The molecule has 0 N–H and O–H groups in total. The van der Waals surface area contributed by atoms with Crippen LogP contribution in [-0.4, -0.2) is 33.3 Å². The summed E-state index contributed by atoms with van der Waals surface area (Å²) in [5.41, 5.74) is 1.33. The lowest BCUT2D eigenvalue weighted by atomic mass is 10.00. The SMILES string of the molecule is C/C=C\C=C(/C)C1=CCN(C(=O)c2nc3c(C(F)(F)F)cc(-c4ccoc4)cn3c2Cl)CC1. The van der Waals surface area contributed by atoms with Crippen molar-refractivity contribution in [1.29, 1.82) is 0 Å². The molecule has 4 rings (SSSR count). The van der Waals surface area contributed by atoms with Crippen LogP contribution in [0.2, 0.25) is 5.15 Å². The zero-order valence-corrected chi connectivity index (χ0v) is 18.7. The first-order valence-corrected chi connectivity index (χ1v) is 10.7. The molecule has 0 aromatic carbocycles. The molecule has 5 nitrogen and oxygen atoms in total. The highest BCUT2D eigenvalue weighted by Crippen LogP contribution is 2.37. The van der Waals surface area contributed by atoms with E-state index in [0.717, 1.165) is 21.6 Å². The predicted octanol–water partition coefficient (Wildman–Crippen LogP) is 6.56. The fourth-order valence-corrected chi connectivity index (χ4v) is 4.01. The van der Waals surface area contributed by atoms with Crippen LogP contribution in [0.3, 0.4) is 0 Å². The zero-order chi connectivity index (χ0) is 23.8. The third kappa shape index (κ3) is 4.48. The standard InChI is InChI=1S/C24H21ClF3N3O2/c1-3-4-5-15(2)16-6-9-30(10-7-16)23(32)20-21(25)31-13-18(17-8-11-33-14-17)12-19(22(31)29-20)24(26,27)28/h3-6,8,11-14H,7,9-10H2,1-2H3/b4-3-,15-5+. The molecular formula is C24H21ClF3N3O2. The van der Waals surface area contributed by atoms with E-state index in [2.05, 4.69) is 4.98 Å². The first-order valence-electron chi connectivity index (χ1n) is 10.3. The highest BCUT2D eigenvalue weighted by atomic mass is 35.5. The van der Waals surface area contributed by atoms with Crippen LogP contribution in [0.15, 0.2) is 70.7 Å². The van der Waals surface area contributed by atoms with E-state index in [1.165, 1.54) is 23.6 Å². The van der Waals surface area contributed by atoms with Gasteiger partial charge in [0, 0.05) is 30.4 Å². The topological polar surface area (TPSA) is 50.8 Å². The second kappa shape index (κ2) is 8.94. The molecule has 0 bridgehead atoms. The van der Waals surface area contributed by atoms with E-state index >= 15 is 0 Å². The molecule has 3 aromatic heterocycles. The number of imidazole rings is 1. The number of carbonyl (C=O) groups is 1. The number of furan rings is 1. The van der Waals surface area contributed by atoms with Crippen molar-refractivity contribution in [1.82, 2.24) is 14.3 Å². The van der Waals surface area contributed by atoms with Crippen LogP contribution in [-0.2, 0) is 6.18 Å². The van der Waals surface area contributed by atoms with E-state index in [-0.39, 0.29) is 16.4 Å². The maximum Gasteiger partial charge on any atom is 0.420 e. The molecule has 0 radical (unpaired) electrons. The number of rotatable bonds is 4. The minimum Gasteiger partial charge on any atom is -0.472 e. The van der Waals surface area contributed by atoms with Crippen LogP contribution in [0, 0.1) is 0 Å². The Morgan fingerprint density at radius 3 is 2.70 bits per heavy atom. The van der Waals surface area contributed by atoms with Gasteiger partial charge >= 0.3 is 6.18 Å². The van der Waals surface area contributed by atoms with Gasteiger partial charge in [-0.15, -0.1) is 0 Å². The normalized spacial score (nSPS) is 15.5. The molecule has 3 aromatic rings. The summed E-state index contributed by atoms with van der Waals surface area (Å²) < 4.78 is 47.5. The smallest absolute Gasteiger partial charge is 0.420 e.